The number of hydrogen-bond acceptors (Lipinski definition) is 3. The predicted octanol–water partition coefficient (Wildman–Crippen LogP) is 9.13. The van der Waals surface area contributed by atoms with Crippen molar-refractivity contribution in [3.63, 3.8) is 0 Å². The van der Waals surface area contributed by atoms with Crippen LogP contribution < -0.4 is 9.47 Å². The first-order valence-corrected chi connectivity index (χ1v) is 13.5. The molecule has 4 rings (SSSR count). The summed E-state index contributed by atoms with van der Waals surface area (Å²) in [7, 11) is 0. The molecule has 1 atom stereocenters. The largest absolute Gasteiger partial charge is 0.490 e. The monoisotopic (exact) mass is 494 g/mol. The number of rotatable bonds is 13. The molecule has 3 heteroatoms. The lowest BCUT2D eigenvalue weighted by Crippen LogP contribution is -2.22. The van der Waals surface area contributed by atoms with Gasteiger partial charge in [0.1, 0.15) is 18.1 Å². The van der Waals surface area contributed by atoms with Gasteiger partial charge < -0.3 is 14.2 Å². The van der Waals surface area contributed by atoms with Crippen LogP contribution >= 0.6 is 0 Å². The van der Waals surface area contributed by atoms with Crippen molar-refractivity contribution in [2.75, 3.05) is 13.2 Å². The van der Waals surface area contributed by atoms with Crippen molar-refractivity contribution in [3.05, 3.63) is 109 Å². The number of ether oxygens (including phenoxy) is 3. The van der Waals surface area contributed by atoms with Gasteiger partial charge in [0, 0.05) is 17.5 Å². The highest BCUT2D eigenvalue weighted by Crippen LogP contribution is 2.39. The van der Waals surface area contributed by atoms with Gasteiger partial charge in [-0.3, -0.25) is 0 Å². The standard InChI is InChI=1S/C34H38O3/c1-4-26(5-2)27-20-22-30(23-21-27)37-33(6-3)35-24-25-36-34-31(28-14-9-7-10-15-28)18-13-19-32(34)29-16-11-8-12-17-29/h7-23,26,33H,4-6,24-25H2,1-3H3. The van der Waals surface area contributed by atoms with Gasteiger partial charge >= 0.3 is 0 Å². The van der Waals surface area contributed by atoms with E-state index in [1.807, 2.05) is 12.1 Å². The van der Waals surface area contributed by atoms with Crippen molar-refractivity contribution in [2.45, 2.75) is 52.2 Å². The van der Waals surface area contributed by atoms with Crippen LogP contribution in [0.5, 0.6) is 11.5 Å². The second-order valence-electron chi connectivity index (χ2n) is 9.17. The van der Waals surface area contributed by atoms with Crippen LogP contribution in [0.25, 0.3) is 22.3 Å². The molecule has 0 aliphatic heterocycles. The Balaban J connectivity index is 1.42. The van der Waals surface area contributed by atoms with E-state index in [1.54, 1.807) is 0 Å². The van der Waals surface area contributed by atoms with E-state index in [4.69, 9.17) is 14.2 Å². The van der Waals surface area contributed by atoms with Gasteiger partial charge in [0.2, 0.25) is 0 Å². The lowest BCUT2D eigenvalue weighted by Gasteiger charge is -2.20. The molecule has 0 spiro atoms. The Morgan fingerprint density at radius 2 is 1.14 bits per heavy atom. The van der Waals surface area contributed by atoms with Gasteiger partial charge in [0.25, 0.3) is 0 Å². The van der Waals surface area contributed by atoms with Crippen LogP contribution in [0.2, 0.25) is 0 Å². The minimum Gasteiger partial charge on any atom is -0.490 e. The molecule has 0 amide bonds. The zero-order valence-electron chi connectivity index (χ0n) is 22.2. The third-order valence-corrected chi connectivity index (χ3v) is 6.76. The Bertz CT molecular complexity index is 1140. The number of benzene rings is 4. The molecular weight excluding hydrogens is 456 g/mol. The molecule has 3 nitrogen and oxygen atoms in total. The topological polar surface area (TPSA) is 27.7 Å². The molecule has 0 aromatic heterocycles. The van der Waals surface area contributed by atoms with Gasteiger partial charge in [-0.25, -0.2) is 0 Å². The maximum atomic E-state index is 6.41. The average Bonchev–Trinajstić information content (AvgIpc) is 2.97. The van der Waals surface area contributed by atoms with Gasteiger partial charge in [0.15, 0.2) is 6.29 Å². The van der Waals surface area contributed by atoms with E-state index in [-0.39, 0.29) is 6.29 Å². The van der Waals surface area contributed by atoms with Crippen molar-refractivity contribution in [1.82, 2.24) is 0 Å². The highest BCUT2D eigenvalue weighted by Gasteiger charge is 2.15. The van der Waals surface area contributed by atoms with Crippen LogP contribution in [0.4, 0.5) is 0 Å². The zero-order valence-corrected chi connectivity index (χ0v) is 22.2. The van der Waals surface area contributed by atoms with Gasteiger partial charge in [-0.1, -0.05) is 112 Å². The molecule has 0 saturated carbocycles. The van der Waals surface area contributed by atoms with E-state index in [2.05, 4.69) is 112 Å². The molecule has 0 N–H and O–H groups in total. The minimum atomic E-state index is -0.319. The molecule has 0 aliphatic rings. The van der Waals surface area contributed by atoms with Gasteiger partial charge in [-0.2, -0.15) is 0 Å². The second kappa shape index (κ2) is 13.7. The van der Waals surface area contributed by atoms with E-state index in [0.29, 0.717) is 19.1 Å². The fourth-order valence-electron chi connectivity index (χ4n) is 4.67. The lowest BCUT2D eigenvalue weighted by molar-refractivity contribution is -0.0880. The van der Waals surface area contributed by atoms with E-state index in [0.717, 1.165) is 53.0 Å². The maximum Gasteiger partial charge on any atom is 0.199 e. The second-order valence-corrected chi connectivity index (χ2v) is 9.17. The smallest absolute Gasteiger partial charge is 0.199 e. The predicted molar refractivity (Wildman–Crippen MR) is 153 cm³/mol. The molecule has 0 heterocycles. The summed E-state index contributed by atoms with van der Waals surface area (Å²) in [4.78, 5) is 0. The summed E-state index contributed by atoms with van der Waals surface area (Å²) >= 11 is 0. The summed E-state index contributed by atoms with van der Waals surface area (Å²) in [6.45, 7) is 7.41. The summed E-state index contributed by atoms with van der Waals surface area (Å²) in [6.07, 6.45) is 2.73. The first-order valence-electron chi connectivity index (χ1n) is 13.5. The van der Waals surface area contributed by atoms with Crippen LogP contribution in [0.15, 0.2) is 103 Å². The van der Waals surface area contributed by atoms with E-state index >= 15 is 0 Å². The summed E-state index contributed by atoms with van der Waals surface area (Å²) in [5.74, 6) is 2.31. The molecule has 4 aromatic rings. The molecule has 1 unspecified atom stereocenters. The molecule has 0 radical (unpaired) electrons. The van der Waals surface area contributed by atoms with Crippen LogP contribution in [-0.4, -0.2) is 19.5 Å². The minimum absolute atomic E-state index is 0.319. The van der Waals surface area contributed by atoms with Gasteiger partial charge in [-0.05, 0) is 47.6 Å². The Hall–Kier alpha value is -3.56. The zero-order chi connectivity index (χ0) is 25.9. The summed E-state index contributed by atoms with van der Waals surface area (Å²) < 4.78 is 18.6. The van der Waals surface area contributed by atoms with Crippen molar-refractivity contribution in [3.8, 4) is 33.8 Å². The van der Waals surface area contributed by atoms with Gasteiger partial charge in [0.05, 0.1) is 6.61 Å². The molecule has 0 fully saturated rings. The van der Waals surface area contributed by atoms with E-state index in [9.17, 15) is 0 Å². The van der Waals surface area contributed by atoms with Crippen LogP contribution in [-0.2, 0) is 4.74 Å². The fraction of sp³-hybridized carbons (Fsp3) is 0.294. The Kier molecular flexibility index (Phi) is 9.79. The highest BCUT2D eigenvalue weighted by atomic mass is 16.7. The van der Waals surface area contributed by atoms with Crippen molar-refractivity contribution in [2.24, 2.45) is 0 Å². The van der Waals surface area contributed by atoms with E-state index < -0.39 is 0 Å². The molecule has 0 aliphatic carbocycles. The summed E-state index contributed by atoms with van der Waals surface area (Å²) in [5, 5.41) is 0. The van der Waals surface area contributed by atoms with Crippen LogP contribution in [0.1, 0.15) is 51.5 Å². The van der Waals surface area contributed by atoms with Crippen molar-refractivity contribution in [1.29, 1.82) is 0 Å². The normalized spacial score (nSPS) is 11.9. The molecule has 4 aromatic carbocycles. The summed E-state index contributed by atoms with van der Waals surface area (Å²) in [5.41, 5.74) is 5.77. The summed E-state index contributed by atoms with van der Waals surface area (Å²) in [6, 6.07) is 35.5. The van der Waals surface area contributed by atoms with Crippen molar-refractivity contribution < 1.29 is 14.2 Å². The molecule has 192 valence electrons. The third-order valence-electron chi connectivity index (χ3n) is 6.76. The highest BCUT2D eigenvalue weighted by molar-refractivity contribution is 5.82. The quantitative estimate of drug-likeness (QED) is 0.137. The average molecular weight is 495 g/mol. The molecular formula is C34H38O3. The molecule has 0 bridgehead atoms. The Morgan fingerprint density at radius 1 is 0.568 bits per heavy atom. The maximum absolute atomic E-state index is 6.41. The molecule has 0 saturated heterocycles. The Labute approximate surface area is 222 Å². The van der Waals surface area contributed by atoms with Gasteiger partial charge in [-0.15, -0.1) is 0 Å². The third kappa shape index (κ3) is 7.02. The van der Waals surface area contributed by atoms with Crippen LogP contribution in [0.3, 0.4) is 0 Å². The number of hydrogen-bond donors (Lipinski definition) is 0. The SMILES string of the molecule is CCC(OCCOc1c(-c2ccccc2)cccc1-c1ccccc1)Oc1ccc(C(CC)CC)cc1. The first kappa shape index (κ1) is 26.5. The first-order chi connectivity index (χ1) is 18.2. The Morgan fingerprint density at radius 3 is 1.65 bits per heavy atom. The van der Waals surface area contributed by atoms with E-state index in [1.165, 1.54) is 5.56 Å². The number of para-hydroxylation sites is 1. The lowest BCUT2D eigenvalue weighted by atomic mass is 9.94. The van der Waals surface area contributed by atoms with Crippen molar-refractivity contribution >= 4 is 0 Å². The fourth-order valence-corrected chi connectivity index (χ4v) is 4.67. The van der Waals surface area contributed by atoms with Crippen LogP contribution in [0, 0.1) is 0 Å². The molecule has 37 heavy (non-hydrogen) atoms.